The second-order valence-corrected chi connectivity index (χ2v) is 15.2. The van der Waals surface area contributed by atoms with Gasteiger partial charge in [0.15, 0.2) is 0 Å². The molecule has 3 heterocycles. The van der Waals surface area contributed by atoms with Crippen molar-refractivity contribution in [3.05, 3.63) is 6.20 Å². The highest BCUT2D eigenvalue weighted by molar-refractivity contribution is 8.17. The number of H-pyrrole nitrogens is 1. The Bertz CT molecular complexity index is 656. The van der Waals surface area contributed by atoms with Crippen molar-refractivity contribution in [2.75, 3.05) is 17.4 Å². The first kappa shape index (κ1) is 19.1. The molecule has 3 N–H and O–H groups in total. The number of hydrogen-bond acceptors (Lipinski definition) is 9. The Morgan fingerprint density at radius 3 is 3.00 bits per heavy atom. The molecule has 1 aromatic heterocycles. The fourth-order valence-electron chi connectivity index (χ4n) is 2.56. The largest absolute Gasteiger partial charge is 0.519 e. The lowest BCUT2D eigenvalue weighted by atomic mass is 10.0. The van der Waals surface area contributed by atoms with Crippen LogP contribution in [0.4, 0.5) is 0 Å². The summed E-state index contributed by atoms with van der Waals surface area (Å²) in [5.74, 6) is 0.276. The summed E-state index contributed by atoms with van der Waals surface area (Å²) in [6.45, 7) is 6.31. The lowest BCUT2D eigenvalue weighted by molar-refractivity contribution is -0.148. The number of aromatic nitrogens is 3. The highest BCUT2D eigenvalue weighted by Crippen LogP contribution is 2.45. The van der Waals surface area contributed by atoms with E-state index in [4.69, 9.17) is 10.2 Å². The average molecular weight is 420 g/mol. The third-order valence-electron chi connectivity index (χ3n) is 3.81. The molecule has 1 amide bonds. The predicted molar refractivity (Wildman–Crippen MR) is 103 cm³/mol. The molecule has 0 radical (unpaired) electrons. The summed E-state index contributed by atoms with van der Waals surface area (Å²) in [5, 5.41) is 11.7. The lowest BCUT2D eigenvalue weighted by Gasteiger charge is -2.53. The van der Waals surface area contributed by atoms with Crippen LogP contribution in [0.15, 0.2) is 11.2 Å². The molecule has 1 aromatic rings. The molecule has 138 valence electrons. The zero-order chi connectivity index (χ0) is 18.2. The van der Waals surface area contributed by atoms with Gasteiger partial charge in [0, 0.05) is 17.4 Å². The van der Waals surface area contributed by atoms with E-state index in [1.807, 2.05) is 19.6 Å². The normalized spacial score (nSPS) is 29.1. The van der Waals surface area contributed by atoms with Gasteiger partial charge in [0.25, 0.3) is 0 Å². The van der Waals surface area contributed by atoms with Gasteiger partial charge in [-0.25, -0.2) is 0 Å². The van der Waals surface area contributed by atoms with Gasteiger partial charge in [-0.2, -0.15) is 0 Å². The minimum Gasteiger partial charge on any atom is -0.519 e. The van der Waals surface area contributed by atoms with Crippen molar-refractivity contribution in [3.8, 4) is 0 Å². The van der Waals surface area contributed by atoms with Gasteiger partial charge in [-0.05, 0) is 19.6 Å². The number of amides is 1. The molecule has 2 aliphatic rings. The van der Waals surface area contributed by atoms with Crippen LogP contribution in [0.5, 0.6) is 0 Å². The predicted octanol–water partition coefficient (Wildman–Crippen LogP) is 0.947. The van der Waals surface area contributed by atoms with E-state index in [0.29, 0.717) is 17.4 Å². The van der Waals surface area contributed by atoms with Crippen LogP contribution >= 0.6 is 35.3 Å². The van der Waals surface area contributed by atoms with Crippen LogP contribution in [0.25, 0.3) is 0 Å². The van der Waals surface area contributed by atoms with Gasteiger partial charge in [0.1, 0.15) is 21.2 Å². The molecule has 2 aliphatic heterocycles. The second kappa shape index (κ2) is 7.14. The molecule has 3 rings (SSSR count). The van der Waals surface area contributed by atoms with Crippen molar-refractivity contribution >= 4 is 55.5 Å². The van der Waals surface area contributed by atoms with E-state index in [9.17, 15) is 9.59 Å². The number of nitrogens with zero attached hydrogens (tertiary/aromatic N) is 3. The minimum atomic E-state index is -2.03. The van der Waals surface area contributed by atoms with Crippen molar-refractivity contribution in [1.82, 2.24) is 20.3 Å². The first-order valence-corrected chi connectivity index (χ1v) is 14.2. The summed E-state index contributed by atoms with van der Waals surface area (Å²) in [4.78, 5) is 26.7. The van der Waals surface area contributed by atoms with Crippen molar-refractivity contribution in [2.24, 2.45) is 5.73 Å². The molecule has 0 bridgehead atoms. The number of hydrogen-bond donors (Lipinski definition) is 2. The van der Waals surface area contributed by atoms with Gasteiger partial charge in [0.05, 0.1) is 6.20 Å². The van der Waals surface area contributed by atoms with Gasteiger partial charge in [0.2, 0.25) is 14.2 Å². The maximum atomic E-state index is 13.0. The summed E-state index contributed by atoms with van der Waals surface area (Å²) in [7, 11) is -2.03. The number of carbonyl (C=O) groups excluding carboxylic acids is 2. The van der Waals surface area contributed by atoms with E-state index in [0.717, 1.165) is 5.03 Å². The second-order valence-electron chi connectivity index (χ2n) is 6.92. The monoisotopic (exact) mass is 419 g/mol. The molecule has 0 spiro atoms. The molecule has 0 aliphatic carbocycles. The third kappa shape index (κ3) is 4.02. The Hall–Kier alpha value is -0.693. The summed E-state index contributed by atoms with van der Waals surface area (Å²) in [6.07, 6.45) is 1.64. The van der Waals surface area contributed by atoms with E-state index in [1.165, 1.54) is 23.5 Å². The van der Waals surface area contributed by atoms with Crippen LogP contribution in [0.2, 0.25) is 19.6 Å². The molecule has 8 nitrogen and oxygen atoms in total. The summed E-state index contributed by atoms with van der Waals surface area (Å²) >= 11 is 4.61. The van der Waals surface area contributed by atoms with Crippen molar-refractivity contribution in [1.29, 1.82) is 0 Å². The van der Waals surface area contributed by atoms with Gasteiger partial charge >= 0.3 is 5.97 Å². The van der Waals surface area contributed by atoms with E-state index >= 15 is 0 Å². The Morgan fingerprint density at radius 1 is 1.60 bits per heavy atom. The first-order valence-electron chi connectivity index (χ1n) is 7.76. The zero-order valence-electron chi connectivity index (χ0n) is 14.2. The van der Waals surface area contributed by atoms with Crippen LogP contribution < -0.4 is 5.73 Å². The fraction of sp³-hybridized carbons (Fsp3) is 0.692. The number of thioether (sulfide) groups is 3. The van der Waals surface area contributed by atoms with Crippen molar-refractivity contribution in [3.63, 3.8) is 0 Å². The standard InChI is InChI=1S/C13H21N5O3S3Si/c1-25(2,3)21-12(20)13(24-7-23-8-4-15-17-16-8)5-18-10(19)9(14)11(18)22-6-13/h4,9,11H,5-7,14H2,1-3H3,(H,15,16,17)/t9?,11-,13?/m1/s1. The van der Waals surface area contributed by atoms with Crippen LogP contribution in [-0.4, -0.2) is 74.0 Å². The lowest BCUT2D eigenvalue weighted by Crippen LogP contribution is -2.73. The van der Waals surface area contributed by atoms with Gasteiger partial charge in [-0.1, -0.05) is 17.0 Å². The Labute approximate surface area is 159 Å². The molecule has 12 heteroatoms. The number of nitrogens with one attached hydrogen (secondary N) is 1. The van der Waals surface area contributed by atoms with Crippen molar-refractivity contribution < 1.29 is 14.0 Å². The molecule has 2 fully saturated rings. The number of rotatable bonds is 6. The molecule has 2 unspecified atom stereocenters. The third-order valence-corrected chi connectivity index (χ3v) is 8.78. The molecular formula is C13H21N5O3S3Si. The van der Waals surface area contributed by atoms with E-state index in [1.54, 1.807) is 22.9 Å². The van der Waals surface area contributed by atoms with E-state index in [-0.39, 0.29) is 17.3 Å². The summed E-state index contributed by atoms with van der Waals surface area (Å²) in [6, 6.07) is -0.452. The maximum Gasteiger partial charge on any atom is 0.311 e. The zero-order valence-corrected chi connectivity index (χ0v) is 17.7. The molecule has 0 saturated carbocycles. The Morgan fingerprint density at radius 2 is 2.36 bits per heavy atom. The van der Waals surface area contributed by atoms with Gasteiger partial charge < -0.3 is 15.1 Å². The topological polar surface area (TPSA) is 114 Å². The van der Waals surface area contributed by atoms with Gasteiger partial charge in [-0.3, -0.25) is 14.7 Å². The average Bonchev–Trinajstić information content (AvgIpc) is 3.05. The number of carbonyl (C=O) groups is 2. The fourth-order valence-corrected chi connectivity index (χ4v) is 7.51. The highest BCUT2D eigenvalue weighted by Gasteiger charge is 2.56. The van der Waals surface area contributed by atoms with E-state index in [2.05, 4.69) is 15.4 Å². The minimum absolute atomic E-state index is 0.0228. The first-order chi connectivity index (χ1) is 11.7. The number of fused-ring (bicyclic) bond motifs is 1. The quantitative estimate of drug-likeness (QED) is 0.301. The van der Waals surface area contributed by atoms with Crippen LogP contribution in [0, 0.1) is 0 Å². The Balaban J connectivity index is 1.72. The van der Waals surface area contributed by atoms with Crippen molar-refractivity contribution in [2.45, 2.75) is 40.8 Å². The molecule has 3 atom stereocenters. The molecule has 25 heavy (non-hydrogen) atoms. The van der Waals surface area contributed by atoms with Crippen LogP contribution in [0.3, 0.4) is 0 Å². The van der Waals surface area contributed by atoms with Crippen LogP contribution in [0.1, 0.15) is 0 Å². The van der Waals surface area contributed by atoms with E-state index < -0.39 is 19.1 Å². The molecule has 0 aromatic carbocycles. The summed E-state index contributed by atoms with van der Waals surface area (Å²) < 4.78 is 5.03. The van der Waals surface area contributed by atoms with Crippen LogP contribution in [-0.2, 0) is 14.0 Å². The number of nitrogens with two attached hydrogens (primary N) is 1. The Kier molecular flexibility index (Phi) is 5.45. The SMILES string of the molecule is C[Si](C)(C)OC(=O)C1(SCSc2cnn[nH]2)CS[C@@H]2C(N)C(=O)N2C1. The molecular weight excluding hydrogens is 398 g/mol. The highest BCUT2D eigenvalue weighted by atomic mass is 32.2. The summed E-state index contributed by atoms with van der Waals surface area (Å²) in [5.41, 5.74) is 5.86. The number of β-lactam (4-membered cyclic amide) rings is 1. The smallest absolute Gasteiger partial charge is 0.311 e. The molecule has 2 saturated heterocycles. The van der Waals surface area contributed by atoms with Gasteiger partial charge in [-0.15, -0.1) is 28.6 Å². The number of aromatic amines is 1. The maximum absolute atomic E-state index is 13.0.